The fourth-order valence-electron chi connectivity index (χ4n) is 3.62. The van der Waals surface area contributed by atoms with Gasteiger partial charge in [-0.15, -0.1) is 5.06 Å². The molecule has 6 heteroatoms. The molecule has 1 heterocycles. The molecule has 1 aliphatic rings. The van der Waals surface area contributed by atoms with Crippen LogP contribution in [-0.4, -0.2) is 30.0 Å². The minimum absolute atomic E-state index is 0.0720. The molecule has 0 N–H and O–H groups in total. The molecule has 0 spiro atoms. The zero-order valence-corrected chi connectivity index (χ0v) is 17.7. The first-order chi connectivity index (χ1) is 15.5. The highest BCUT2D eigenvalue weighted by Gasteiger charge is 2.33. The Hall–Kier alpha value is -3.93. The highest BCUT2D eigenvalue weighted by Crippen LogP contribution is 2.19. The maximum absolute atomic E-state index is 12.2. The summed E-state index contributed by atoms with van der Waals surface area (Å²) in [5, 5.41) is 0.560. The van der Waals surface area contributed by atoms with Crippen molar-refractivity contribution in [2.24, 2.45) is 0 Å². The summed E-state index contributed by atoms with van der Waals surface area (Å²) in [4.78, 5) is 40.4. The number of rotatable bonds is 7. The molecule has 6 nitrogen and oxygen atoms in total. The lowest BCUT2D eigenvalue weighted by Crippen LogP contribution is -2.32. The summed E-state index contributed by atoms with van der Waals surface area (Å²) in [7, 11) is 1.66. The number of hydrogen-bond donors (Lipinski definition) is 0. The number of carbonyl (C=O) groups excluding carboxylic acids is 3. The third-order valence-electron chi connectivity index (χ3n) is 5.34. The first-order valence-electron chi connectivity index (χ1n) is 10.4. The van der Waals surface area contributed by atoms with E-state index in [0.29, 0.717) is 5.06 Å². The SMILES string of the molecule is COc1ccc(Cc2cccc(Cc3ccc(C(=O)ON4C(=O)CCC4=O)cc3)c2)cc1. The van der Waals surface area contributed by atoms with E-state index in [1.807, 2.05) is 30.3 Å². The number of carbonyl (C=O) groups is 3. The molecule has 0 bridgehead atoms. The number of hydrogen-bond acceptors (Lipinski definition) is 5. The van der Waals surface area contributed by atoms with Crippen LogP contribution in [0.3, 0.4) is 0 Å². The molecule has 2 amide bonds. The van der Waals surface area contributed by atoms with E-state index in [1.54, 1.807) is 19.2 Å². The van der Waals surface area contributed by atoms with Crippen molar-refractivity contribution in [3.05, 3.63) is 101 Å². The summed E-state index contributed by atoms with van der Waals surface area (Å²) in [5.74, 6) is -0.862. The van der Waals surface area contributed by atoms with Crippen molar-refractivity contribution in [1.29, 1.82) is 0 Å². The number of amides is 2. The Balaban J connectivity index is 1.38. The number of benzene rings is 3. The molecule has 0 atom stereocenters. The minimum atomic E-state index is -0.721. The van der Waals surface area contributed by atoms with Gasteiger partial charge in [-0.25, -0.2) is 4.79 Å². The van der Waals surface area contributed by atoms with Crippen LogP contribution in [0.1, 0.15) is 45.5 Å². The maximum Gasteiger partial charge on any atom is 0.363 e. The average Bonchev–Trinajstić information content (AvgIpc) is 3.12. The molecule has 0 saturated carbocycles. The van der Waals surface area contributed by atoms with Crippen molar-refractivity contribution in [1.82, 2.24) is 5.06 Å². The van der Waals surface area contributed by atoms with Crippen molar-refractivity contribution >= 4 is 17.8 Å². The summed E-state index contributed by atoms with van der Waals surface area (Å²) in [6, 6.07) is 23.4. The molecule has 1 saturated heterocycles. The second kappa shape index (κ2) is 9.47. The standard InChI is InChI=1S/C26H23NO5/c1-31-23-11-7-19(8-12-23)16-21-4-2-3-20(17-21)15-18-5-9-22(10-6-18)26(30)32-27-24(28)13-14-25(27)29/h2-12,17H,13-16H2,1H3. The quantitative estimate of drug-likeness (QED) is 0.529. The lowest BCUT2D eigenvalue weighted by molar-refractivity contribution is -0.172. The van der Waals surface area contributed by atoms with Gasteiger partial charge in [0.1, 0.15) is 5.75 Å². The van der Waals surface area contributed by atoms with Crippen molar-refractivity contribution in [3.63, 3.8) is 0 Å². The van der Waals surface area contributed by atoms with Crippen LogP contribution in [0.5, 0.6) is 5.75 Å². The summed E-state index contributed by atoms with van der Waals surface area (Å²) in [5.41, 5.74) is 4.92. The minimum Gasteiger partial charge on any atom is -0.497 e. The monoisotopic (exact) mass is 429 g/mol. The topological polar surface area (TPSA) is 72.9 Å². The summed E-state index contributed by atoms with van der Waals surface area (Å²) < 4.78 is 5.21. The highest BCUT2D eigenvalue weighted by molar-refractivity contribution is 6.02. The van der Waals surface area contributed by atoms with Crippen molar-refractivity contribution in [2.75, 3.05) is 7.11 Å². The van der Waals surface area contributed by atoms with Gasteiger partial charge in [0.05, 0.1) is 12.7 Å². The van der Waals surface area contributed by atoms with Crippen LogP contribution in [-0.2, 0) is 27.3 Å². The first-order valence-corrected chi connectivity index (χ1v) is 10.4. The Bertz CT molecular complexity index is 1120. The van der Waals surface area contributed by atoms with Gasteiger partial charge in [-0.3, -0.25) is 9.59 Å². The van der Waals surface area contributed by atoms with E-state index in [4.69, 9.17) is 9.57 Å². The largest absolute Gasteiger partial charge is 0.497 e. The first kappa shape index (κ1) is 21.3. The van der Waals surface area contributed by atoms with Crippen LogP contribution >= 0.6 is 0 Å². The van der Waals surface area contributed by atoms with Gasteiger partial charge in [0.25, 0.3) is 11.8 Å². The van der Waals surface area contributed by atoms with Gasteiger partial charge < -0.3 is 9.57 Å². The molecule has 1 fully saturated rings. The molecule has 0 unspecified atom stereocenters. The Kier molecular flexibility index (Phi) is 6.31. The van der Waals surface area contributed by atoms with Gasteiger partial charge in [-0.2, -0.15) is 0 Å². The molecule has 32 heavy (non-hydrogen) atoms. The molecular weight excluding hydrogens is 406 g/mol. The lowest BCUT2D eigenvalue weighted by atomic mass is 9.99. The van der Waals surface area contributed by atoms with Crippen LogP contribution in [0.15, 0.2) is 72.8 Å². The van der Waals surface area contributed by atoms with Crippen molar-refractivity contribution in [3.8, 4) is 5.75 Å². The molecule has 1 aliphatic heterocycles. The Morgan fingerprint density at radius 2 is 1.31 bits per heavy atom. The molecule has 4 rings (SSSR count). The van der Waals surface area contributed by atoms with E-state index in [9.17, 15) is 14.4 Å². The van der Waals surface area contributed by atoms with E-state index in [0.717, 1.165) is 24.2 Å². The number of methoxy groups -OCH3 is 1. The van der Waals surface area contributed by atoms with Crippen LogP contribution in [0, 0.1) is 0 Å². The summed E-state index contributed by atoms with van der Waals surface area (Å²) in [6.07, 6.45) is 1.69. The van der Waals surface area contributed by atoms with E-state index >= 15 is 0 Å². The highest BCUT2D eigenvalue weighted by atomic mass is 16.7. The molecule has 0 radical (unpaired) electrons. The van der Waals surface area contributed by atoms with Gasteiger partial charge in [0.15, 0.2) is 0 Å². The molecule has 162 valence electrons. The molecule has 0 aliphatic carbocycles. The zero-order valence-electron chi connectivity index (χ0n) is 17.7. The zero-order chi connectivity index (χ0) is 22.5. The maximum atomic E-state index is 12.2. The fraction of sp³-hybridized carbons (Fsp3) is 0.192. The third kappa shape index (κ3) is 5.03. The van der Waals surface area contributed by atoms with Crippen molar-refractivity contribution < 1.29 is 24.0 Å². The lowest BCUT2D eigenvalue weighted by Gasteiger charge is -2.12. The molecule has 3 aromatic carbocycles. The van der Waals surface area contributed by atoms with Crippen LogP contribution in [0.2, 0.25) is 0 Å². The van der Waals surface area contributed by atoms with Gasteiger partial charge >= 0.3 is 5.97 Å². The third-order valence-corrected chi connectivity index (χ3v) is 5.34. The van der Waals surface area contributed by atoms with Gasteiger partial charge in [-0.05, 0) is 59.4 Å². The normalized spacial score (nSPS) is 13.3. The average molecular weight is 429 g/mol. The Labute approximate surface area is 186 Å². The predicted molar refractivity (Wildman–Crippen MR) is 118 cm³/mol. The molecule has 3 aromatic rings. The second-order valence-electron chi connectivity index (χ2n) is 7.68. The van der Waals surface area contributed by atoms with Crippen LogP contribution in [0.4, 0.5) is 0 Å². The van der Waals surface area contributed by atoms with Gasteiger partial charge in [-0.1, -0.05) is 48.5 Å². The smallest absolute Gasteiger partial charge is 0.363 e. The Morgan fingerprint density at radius 1 is 0.781 bits per heavy atom. The van der Waals surface area contributed by atoms with Gasteiger partial charge in [0.2, 0.25) is 0 Å². The predicted octanol–water partition coefficient (Wildman–Crippen LogP) is 4.10. The van der Waals surface area contributed by atoms with Crippen molar-refractivity contribution in [2.45, 2.75) is 25.7 Å². The number of nitrogens with zero attached hydrogens (tertiary/aromatic N) is 1. The summed E-state index contributed by atoms with van der Waals surface area (Å²) >= 11 is 0. The summed E-state index contributed by atoms with van der Waals surface area (Å²) in [6.45, 7) is 0. The Morgan fingerprint density at radius 3 is 1.84 bits per heavy atom. The number of imide groups is 1. The van der Waals surface area contributed by atoms with Gasteiger partial charge in [0, 0.05) is 12.8 Å². The van der Waals surface area contributed by atoms with Crippen LogP contribution < -0.4 is 4.74 Å². The fourth-order valence-corrected chi connectivity index (χ4v) is 3.62. The van der Waals surface area contributed by atoms with E-state index in [-0.39, 0.29) is 18.4 Å². The molecule has 0 aromatic heterocycles. The number of hydroxylamine groups is 2. The van der Waals surface area contributed by atoms with Crippen LogP contribution in [0.25, 0.3) is 0 Å². The van der Waals surface area contributed by atoms with E-state index in [2.05, 4.69) is 30.3 Å². The van der Waals surface area contributed by atoms with E-state index < -0.39 is 17.8 Å². The molecular formula is C26H23NO5. The number of ether oxygens (including phenoxy) is 1. The second-order valence-corrected chi connectivity index (χ2v) is 7.68. The van der Waals surface area contributed by atoms with E-state index in [1.165, 1.54) is 16.7 Å².